The Labute approximate surface area is 90.1 Å². The number of rotatable bonds is 1. The molecule has 1 heteroatoms. The Kier molecular flexibility index (Phi) is 2.87. The van der Waals surface area contributed by atoms with Crippen LogP contribution in [0.1, 0.15) is 26.7 Å². The van der Waals surface area contributed by atoms with Gasteiger partial charge in [0.25, 0.3) is 0 Å². The monoisotopic (exact) mass is 207 g/mol. The Balaban J connectivity index is 2.03. The minimum atomic E-state index is 0.545. The van der Waals surface area contributed by atoms with E-state index in [1.165, 1.54) is 24.3 Å². The standard InChI is InChI=1S/C13H19S/c1-13(2)8-10-14(11-9-13)12-6-4-3-5-7-12/h3-7H,8-11H2,1-2H3/q+1. The van der Waals surface area contributed by atoms with Gasteiger partial charge >= 0.3 is 0 Å². The van der Waals surface area contributed by atoms with Crippen LogP contribution in [0.2, 0.25) is 0 Å². The Morgan fingerprint density at radius 1 is 1.00 bits per heavy atom. The van der Waals surface area contributed by atoms with E-state index in [0.717, 1.165) is 0 Å². The molecular formula is C13H19S+. The third kappa shape index (κ3) is 2.33. The molecule has 1 aromatic carbocycles. The van der Waals surface area contributed by atoms with E-state index in [2.05, 4.69) is 44.2 Å². The lowest BCUT2D eigenvalue weighted by molar-refractivity contribution is 0.334. The van der Waals surface area contributed by atoms with Crippen LogP contribution in [0, 0.1) is 5.41 Å². The summed E-state index contributed by atoms with van der Waals surface area (Å²) >= 11 is 0. The average molecular weight is 207 g/mol. The molecule has 14 heavy (non-hydrogen) atoms. The second-order valence-corrected chi connectivity index (χ2v) is 7.15. The Morgan fingerprint density at radius 3 is 2.14 bits per heavy atom. The normalized spacial score (nSPS) is 22.1. The lowest BCUT2D eigenvalue weighted by Gasteiger charge is -2.28. The highest BCUT2D eigenvalue weighted by Crippen LogP contribution is 2.34. The summed E-state index contributed by atoms with van der Waals surface area (Å²) in [5.74, 6) is 2.80. The molecule has 0 bridgehead atoms. The van der Waals surface area contributed by atoms with Gasteiger partial charge in [0.15, 0.2) is 4.90 Å². The van der Waals surface area contributed by atoms with Crippen molar-refractivity contribution in [1.29, 1.82) is 0 Å². The first kappa shape index (κ1) is 10.1. The molecule has 0 aliphatic carbocycles. The molecule has 0 nitrogen and oxygen atoms in total. The minimum absolute atomic E-state index is 0.545. The van der Waals surface area contributed by atoms with E-state index < -0.39 is 0 Å². The molecule has 2 rings (SSSR count). The van der Waals surface area contributed by atoms with Gasteiger partial charge in [0.1, 0.15) is 11.5 Å². The lowest BCUT2D eigenvalue weighted by Crippen LogP contribution is -2.29. The Hall–Kier alpha value is -0.430. The highest BCUT2D eigenvalue weighted by atomic mass is 32.2. The van der Waals surface area contributed by atoms with Gasteiger partial charge in [-0.05, 0) is 30.4 Å². The molecule has 76 valence electrons. The summed E-state index contributed by atoms with van der Waals surface area (Å²) in [6, 6.07) is 11.0. The quantitative estimate of drug-likeness (QED) is 0.618. The largest absolute Gasteiger partial charge is 0.154 e. The highest BCUT2D eigenvalue weighted by molar-refractivity contribution is 7.96. The van der Waals surface area contributed by atoms with Crippen LogP contribution < -0.4 is 0 Å². The first-order chi connectivity index (χ1) is 6.67. The molecule has 0 spiro atoms. The zero-order valence-corrected chi connectivity index (χ0v) is 9.94. The maximum absolute atomic E-state index is 2.40. The van der Waals surface area contributed by atoms with E-state index in [1.54, 1.807) is 4.90 Å². The number of hydrogen-bond acceptors (Lipinski definition) is 0. The van der Waals surface area contributed by atoms with Crippen molar-refractivity contribution < 1.29 is 0 Å². The lowest BCUT2D eigenvalue weighted by atomic mass is 9.87. The molecule has 0 saturated carbocycles. The van der Waals surface area contributed by atoms with E-state index in [1.807, 2.05) is 0 Å². The molecule has 0 amide bonds. The molecule has 1 aromatic rings. The summed E-state index contributed by atoms with van der Waals surface area (Å²) in [7, 11) is 0.545. The van der Waals surface area contributed by atoms with Crippen molar-refractivity contribution in [2.45, 2.75) is 31.6 Å². The highest BCUT2D eigenvalue weighted by Gasteiger charge is 2.33. The fraction of sp³-hybridized carbons (Fsp3) is 0.538. The topological polar surface area (TPSA) is 0 Å². The van der Waals surface area contributed by atoms with Crippen molar-refractivity contribution in [2.75, 3.05) is 11.5 Å². The molecular weight excluding hydrogens is 188 g/mol. The zero-order valence-electron chi connectivity index (χ0n) is 9.12. The molecule has 0 atom stereocenters. The second-order valence-electron chi connectivity index (χ2n) is 4.88. The predicted octanol–water partition coefficient (Wildman–Crippen LogP) is 3.48. The summed E-state index contributed by atoms with van der Waals surface area (Å²) in [4.78, 5) is 1.57. The molecule has 1 aliphatic heterocycles. The Bertz CT molecular complexity index is 279. The number of hydrogen-bond donors (Lipinski definition) is 0. The van der Waals surface area contributed by atoms with Crippen LogP contribution >= 0.6 is 0 Å². The van der Waals surface area contributed by atoms with Gasteiger partial charge in [0.05, 0.1) is 0 Å². The first-order valence-electron chi connectivity index (χ1n) is 5.40. The smallest absolute Gasteiger partial charge is 0.0619 e. The third-order valence-electron chi connectivity index (χ3n) is 3.13. The molecule has 1 heterocycles. The van der Waals surface area contributed by atoms with Crippen LogP contribution in [0.15, 0.2) is 35.2 Å². The number of benzene rings is 1. The van der Waals surface area contributed by atoms with E-state index in [0.29, 0.717) is 16.3 Å². The Morgan fingerprint density at radius 2 is 1.57 bits per heavy atom. The van der Waals surface area contributed by atoms with Crippen LogP contribution in [0.3, 0.4) is 0 Å². The van der Waals surface area contributed by atoms with Crippen LogP contribution in [-0.4, -0.2) is 11.5 Å². The van der Waals surface area contributed by atoms with Gasteiger partial charge in [-0.25, -0.2) is 0 Å². The fourth-order valence-corrected chi connectivity index (χ4v) is 4.69. The van der Waals surface area contributed by atoms with Crippen molar-refractivity contribution in [2.24, 2.45) is 5.41 Å². The van der Waals surface area contributed by atoms with E-state index in [9.17, 15) is 0 Å². The third-order valence-corrected chi connectivity index (χ3v) is 5.46. The molecule has 1 fully saturated rings. The summed E-state index contributed by atoms with van der Waals surface area (Å²) in [6.45, 7) is 4.80. The fourth-order valence-electron chi connectivity index (χ4n) is 1.87. The van der Waals surface area contributed by atoms with Crippen LogP contribution in [0.5, 0.6) is 0 Å². The molecule has 0 aromatic heterocycles. The van der Waals surface area contributed by atoms with E-state index in [4.69, 9.17) is 0 Å². The minimum Gasteiger partial charge on any atom is -0.0619 e. The van der Waals surface area contributed by atoms with Crippen molar-refractivity contribution in [3.05, 3.63) is 30.3 Å². The molecule has 0 N–H and O–H groups in total. The first-order valence-corrected chi connectivity index (χ1v) is 6.96. The van der Waals surface area contributed by atoms with Crippen molar-refractivity contribution >= 4 is 10.9 Å². The van der Waals surface area contributed by atoms with Gasteiger partial charge in [-0.2, -0.15) is 0 Å². The van der Waals surface area contributed by atoms with Crippen molar-refractivity contribution in [1.82, 2.24) is 0 Å². The molecule has 0 radical (unpaired) electrons. The SMILES string of the molecule is CC1(C)CC[S+](c2ccccc2)CC1. The van der Waals surface area contributed by atoms with Crippen molar-refractivity contribution in [3.8, 4) is 0 Å². The summed E-state index contributed by atoms with van der Waals surface area (Å²) in [5.41, 5.74) is 0.596. The van der Waals surface area contributed by atoms with Crippen LogP contribution in [0.4, 0.5) is 0 Å². The second kappa shape index (κ2) is 3.98. The van der Waals surface area contributed by atoms with Crippen LogP contribution in [-0.2, 0) is 10.9 Å². The van der Waals surface area contributed by atoms with E-state index >= 15 is 0 Å². The summed E-state index contributed by atoms with van der Waals surface area (Å²) in [6.07, 6.45) is 2.79. The summed E-state index contributed by atoms with van der Waals surface area (Å²) in [5, 5.41) is 0. The summed E-state index contributed by atoms with van der Waals surface area (Å²) < 4.78 is 0. The van der Waals surface area contributed by atoms with Crippen molar-refractivity contribution in [3.63, 3.8) is 0 Å². The van der Waals surface area contributed by atoms with Crippen LogP contribution in [0.25, 0.3) is 0 Å². The molecule has 1 saturated heterocycles. The predicted molar refractivity (Wildman–Crippen MR) is 64.8 cm³/mol. The van der Waals surface area contributed by atoms with Gasteiger partial charge < -0.3 is 0 Å². The van der Waals surface area contributed by atoms with Gasteiger partial charge in [-0.15, -0.1) is 0 Å². The zero-order chi connectivity index (χ0) is 10.0. The van der Waals surface area contributed by atoms with Gasteiger partial charge in [0, 0.05) is 10.9 Å². The van der Waals surface area contributed by atoms with Gasteiger partial charge in [-0.3, -0.25) is 0 Å². The molecule has 0 unspecified atom stereocenters. The van der Waals surface area contributed by atoms with Gasteiger partial charge in [-0.1, -0.05) is 32.0 Å². The molecule has 1 aliphatic rings. The van der Waals surface area contributed by atoms with E-state index in [-0.39, 0.29) is 0 Å². The average Bonchev–Trinajstić information content (AvgIpc) is 2.19. The maximum atomic E-state index is 2.40. The maximum Gasteiger partial charge on any atom is 0.154 e. The van der Waals surface area contributed by atoms with Gasteiger partial charge in [0.2, 0.25) is 0 Å².